The van der Waals surface area contributed by atoms with Crippen LogP contribution < -0.4 is 10.6 Å². The highest BCUT2D eigenvalue weighted by atomic mass is 16.8. The molecule has 2 fully saturated rings. The Morgan fingerprint density at radius 1 is 1.21 bits per heavy atom. The Bertz CT molecular complexity index is 975. The van der Waals surface area contributed by atoms with E-state index in [2.05, 4.69) is 20.6 Å². The van der Waals surface area contributed by atoms with Gasteiger partial charge in [0.1, 0.15) is 24.1 Å². The van der Waals surface area contributed by atoms with Crippen molar-refractivity contribution in [3.05, 3.63) is 30.1 Å². The van der Waals surface area contributed by atoms with Gasteiger partial charge in [-0.1, -0.05) is 12.1 Å². The smallest absolute Gasteiger partial charge is 0.302 e. The van der Waals surface area contributed by atoms with Gasteiger partial charge in [0.05, 0.1) is 36.2 Å². The van der Waals surface area contributed by atoms with Crippen LogP contribution in [0.25, 0.3) is 11.0 Å². The van der Waals surface area contributed by atoms with Gasteiger partial charge in [-0.3, -0.25) is 9.59 Å². The summed E-state index contributed by atoms with van der Waals surface area (Å²) in [6, 6.07) is 7.96. The van der Waals surface area contributed by atoms with Crippen LogP contribution in [0, 0.1) is 0 Å². The maximum absolute atomic E-state index is 12.5. The van der Waals surface area contributed by atoms with Crippen LogP contribution in [-0.2, 0) is 35.0 Å². The van der Waals surface area contributed by atoms with Crippen molar-refractivity contribution in [2.45, 2.75) is 76.8 Å². The zero-order valence-electron chi connectivity index (χ0n) is 20.1. The van der Waals surface area contributed by atoms with Crippen molar-refractivity contribution in [1.82, 2.24) is 20.6 Å². The summed E-state index contributed by atoms with van der Waals surface area (Å²) in [6.07, 6.45) is -0.737. The SMILES string of the molecule is CC(=O)O[C@H](C)CNC(=O)C[C@H]1O[C@@H](CNCCc2nc3ccccc3[nH]2)[C@H]2OC(C)(C)O[C@H]21. The van der Waals surface area contributed by atoms with E-state index in [0.717, 1.165) is 29.8 Å². The first-order valence-corrected chi connectivity index (χ1v) is 11.8. The third kappa shape index (κ3) is 6.12. The third-order valence-corrected chi connectivity index (χ3v) is 5.91. The molecule has 0 unspecified atom stereocenters. The van der Waals surface area contributed by atoms with Crippen LogP contribution in [-0.4, -0.2) is 77.8 Å². The maximum atomic E-state index is 12.5. The molecule has 4 rings (SSSR count). The molecular formula is C24H34N4O6. The van der Waals surface area contributed by atoms with E-state index in [1.807, 2.05) is 38.1 Å². The van der Waals surface area contributed by atoms with Crippen molar-refractivity contribution in [3.63, 3.8) is 0 Å². The molecule has 0 spiro atoms. The second kappa shape index (κ2) is 10.4. The van der Waals surface area contributed by atoms with Crippen LogP contribution in [0.15, 0.2) is 24.3 Å². The second-order valence-corrected chi connectivity index (χ2v) is 9.36. The van der Waals surface area contributed by atoms with Crippen molar-refractivity contribution < 1.29 is 28.5 Å². The lowest BCUT2D eigenvalue weighted by Gasteiger charge is -2.24. The Hall–Kier alpha value is -2.53. The number of aromatic nitrogens is 2. The number of fused-ring (bicyclic) bond motifs is 2. The molecule has 186 valence electrons. The Balaban J connectivity index is 1.26. The van der Waals surface area contributed by atoms with Crippen molar-refractivity contribution in [3.8, 4) is 0 Å². The summed E-state index contributed by atoms with van der Waals surface area (Å²) < 4.78 is 23.4. The third-order valence-electron chi connectivity index (χ3n) is 5.91. The largest absolute Gasteiger partial charge is 0.461 e. The van der Waals surface area contributed by atoms with E-state index in [4.69, 9.17) is 18.9 Å². The number of imidazole rings is 1. The maximum Gasteiger partial charge on any atom is 0.302 e. The molecule has 0 radical (unpaired) electrons. The van der Waals surface area contributed by atoms with Gasteiger partial charge in [0, 0.05) is 26.4 Å². The molecule has 1 aromatic heterocycles. The van der Waals surface area contributed by atoms with Gasteiger partial charge in [0.15, 0.2) is 5.79 Å². The van der Waals surface area contributed by atoms with Gasteiger partial charge in [-0.25, -0.2) is 4.98 Å². The van der Waals surface area contributed by atoms with E-state index in [0.29, 0.717) is 6.54 Å². The molecule has 2 aliphatic rings. The van der Waals surface area contributed by atoms with Gasteiger partial charge < -0.3 is 34.6 Å². The molecular weight excluding hydrogens is 440 g/mol. The first-order chi connectivity index (χ1) is 16.2. The standard InChI is InChI=1S/C24H34N4O6/c1-14(31-15(2)29)12-26-21(30)11-18-22-23(34-24(3,4)33-22)19(32-18)13-25-10-9-20-27-16-7-5-6-8-17(16)28-20/h5-8,14,18-19,22-23,25H,9-13H2,1-4H3,(H,26,30)(H,27,28)/t14-,18-,19+,22+,23-/m1/s1. The molecule has 0 aliphatic carbocycles. The molecule has 0 saturated carbocycles. The van der Waals surface area contributed by atoms with Crippen LogP contribution in [0.3, 0.4) is 0 Å². The molecule has 1 aromatic carbocycles. The minimum Gasteiger partial charge on any atom is -0.461 e. The van der Waals surface area contributed by atoms with Crippen LogP contribution in [0.1, 0.15) is 39.9 Å². The normalized spacial score (nSPS) is 26.4. The molecule has 10 heteroatoms. The molecule has 0 bridgehead atoms. The number of carbonyl (C=O) groups excluding carboxylic acids is 2. The number of amides is 1. The number of benzene rings is 1. The topological polar surface area (TPSA) is 124 Å². The fraction of sp³-hybridized carbons (Fsp3) is 0.625. The second-order valence-electron chi connectivity index (χ2n) is 9.36. The van der Waals surface area contributed by atoms with Crippen LogP contribution in [0.4, 0.5) is 0 Å². The first kappa shape index (κ1) is 24.6. The minimum atomic E-state index is -0.732. The van der Waals surface area contributed by atoms with Crippen molar-refractivity contribution in [1.29, 1.82) is 0 Å². The van der Waals surface area contributed by atoms with Gasteiger partial charge in [0.2, 0.25) is 5.91 Å². The number of aromatic amines is 1. The van der Waals surface area contributed by atoms with E-state index in [9.17, 15) is 9.59 Å². The van der Waals surface area contributed by atoms with E-state index < -0.39 is 18.0 Å². The Morgan fingerprint density at radius 3 is 2.68 bits per heavy atom. The zero-order valence-corrected chi connectivity index (χ0v) is 20.1. The lowest BCUT2D eigenvalue weighted by Crippen LogP contribution is -2.38. The van der Waals surface area contributed by atoms with E-state index >= 15 is 0 Å². The van der Waals surface area contributed by atoms with Crippen molar-refractivity contribution in [2.24, 2.45) is 0 Å². The number of esters is 1. The lowest BCUT2D eigenvalue weighted by molar-refractivity contribution is -0.187. The highest BCUT2D eigenvalue weighted by Gasteiger charge is 2.55. The highest BCUT2D eigenvalue weighted by molar-refractivity contribution is 5.76. The molecule has 10 nitrogen and oxygen atoms in total. The van der Waals surface area contributed by atoms with Gasteiger partial charge in [-0.2, -0.15) is 0 Å². The first-order valence-electron chi connectivity index (χ1n) is 11.8. The van der Waals surface area contributed by atoms with Gasteiger partial charge >= 0.3 is 5.97 Å². The highest BCUT2D eigenvalue weighted by Crippen LogP contribution is 2.39. The number of hydrogen-bond donors (Lipinski definition) is 3. The number of rotatable bonds is 10. The van der Waals surface area contributed by atoms with Gasteiger partial charge in [-0.05, 0) is 32.9 Å². The van der Waals surface area contributed by atoms with Crippen LogP contribution in [0.5, 0.6) is 0 Å². The summed E-state index contributed by atoms with van der Waals surface area (Å²) in [5.41, 5.74) is 1.99. The number of ether oxygens (including phenoxy) is 4. The molecule has 3 heterocycles. The Kier molecular flexibility index (Phi) is 7.51. The number of nitrogens with zero attached hydrogens (tertiary/aromatic N) is 1. The van der Waals surface area contributed by atoms with Crippen molar-refractivity contribution >= 4 is 22.9 Å². The summed E-state index contributed by atoms with van der Waals surface area (Å²) in [4.78, 5) is 31.4. The van der Waals surface area contributed by atoms with Gasteiger partial charge in [0.25, 0.3) is 0 Å². The molecule has 34 heavy (non-hydrogen) atoms. The summed E-state index contributed by atoms with van der Waals surface area (Å²) in [5, 5.41) is 6.22. The quantitative estimate of drug-likeness (QED) is 0.349. The number of hydrogen-bond acceptors (Lipinski definition) is 8. The molecule has 5 atom stereocenters. The average Bonchev–Trinajstić information content (AvgIpc) is 3.40. The van der Waals surface area contributed by atoms with E-state index in [-0.39, 0.29) is 43.2 Å². The lowest BCUT2D eigenvalue weighted by atomic mass is 10.1. The molecule has 2 aromatic rings. The Morgan fingerprint density at radius 2 is 1.94 bits per heavy atom. The van der Waals surface area contributed by atoms with E-state index in [1.165, 1.54) is 6.92 Å². The molecule has 1 amide bonds. The number of para-hydroxylation sites is 2. The summed E-state index contributed by atoms with van der Waals surface area (Å²) >= 11 is 0. The molecule has 2 saturated heterocycles. The fourth-order valence-corrected chi connectivity index (χ4v) is 4.51. The average molecular weight is 475 g/mol. The predicted octanol–water partition coefficient (Wildman–Crippen LogP) is 1.44. The summed E-state index contributed by atoms with van der Waals surface area (Å²) in [7, 11) is 0. The molecule has 3 N–H and O–H groups in total. The minimum absolute atomic E-state index is 0.142. The fourth-order valence-electron chi connectivity index (χ4n) is 4.51. The van der Waals surface area contributed by atoms with Gasteiger partial charge in [-0.15, -0.1) is 0 Å². The monoisotopic (exact) mass is 474 g/mol. The van der Waals surface area contributed by atoms with Crippen LogP contribution in [0.2, 0.25) is 0 Å². The molecule has 2 aliphatic heterocycles. The Labute approximate surface area is 199 Å². The number of carbonyl (C=O) groups is 2. The number of nitrogens with one attached hydrogen (secondary N) is 3. The zero-order chi connectivity index (χ0) is 24.3. The number of H-pyrrole nitrogens is 1. The predicted molar refractivity (Wildman–Crippen MR) is 124 cm³/mol. The summed E-state index contributed by atoms with van der Waals surface area (Å²) in [6.45, 7) is 8.35. The summed E-state index contributed by atoms with van der Waals surface area (Å²) in [5.74, 6) is -0.366. The van der Waals surface area contributed by atoms with Crippen LogP contribution >= 0.6 is 0 Å². The van der Waals surface area contributed by atoms with E-state index in [1.54, 1.807) is 6.92 Å². The van der Waals surface area contributed by atoms with Crippen molar-refractivity contribution in [2.75, 3.05) is 19.6 Å².